The van der Waals surface area contributed by atoms with Crippen LogP contribution in [0.1, 0.15) is 71.2 Å². The van der Waals surface area contributed by atoms with Crippen LogP contribution in [0.15, 0.2) is 57.4 Å². The molecule has 1 N–H and O–H groups in total. The molecule has 0 radical (unpaired) electrons. The highest BCUT2D eigenvalue weighted by atomic mass is 32.2. The van der Waals surface area contributed by atoms with E-state index in [0.717, 1.165) is 9.79 Å². The van der Waals surface area contributed by atoms with E-state index in [0.29, 0.717) is 17.1 Å². The minimum absolute atomic E-state index is 0.0735. The van der Waals surface area contributed by atoms with E-state index in [1.54, 1.807) is 32.2 Å². The summed E-state index contributed by atoms with van der Waals surface area (Å²) in [6.45, 7) is 11.6. The van der Waals surface area contributed by atoms with Crippen molar-refractivity contribution < 1.29 is 29.0 Å². The van der Waals surface area contributed by atoms with Gasteiger partial charge in [-0.05, 0) is 49.4 Å². The molecule has 2 aromatic carbocycles. The Kier molecular flexibility index (Phi) is 17.9. The number of unbranched alkanes of at least 4 members (excludes halogenated alkanes) is 1. The van der Waals surface area contributed by atoms with Crippen molar-refractivity contribution in [1.82, 2.24) is 0 Å². The van der Waals surface area contributed by atoms with Crippen molar-refractivity contribution in [2.45, 2.75) is 70.6 Å². The lowest BCUT2D eigenvalue weighted by molar-refractivity contribution is -0.143. The van der Waals surface area contributed by atoms with Crippen LogP contribution >= 0.6 is 11.8 Å². The molecule has 0 bridgehead atoms. The van der Waals surface area contributed by atoms with Crippen molar-refractivity contribution in [3.05, 3.63) is 48.0 Å². The molecule has 2 aromatic rings. The molecule has 0 aliphatic carbocycles. The van der Waals surface area contributed by atoms with E-state index >= 15 is 0 Å². The van der Waals surface area contributed by atoms with Crippen molar-refractivity contribution in [2.75, 3.05) is 20.3 Å². The summed E-state index contributed by atoms with van der Waals surface area (Å²) in [4.78, 5) is 30.0. The number of carbonyl (C=O) groups excluding carboxylic acids is 2. The number of aliphatic hydroxyl groups is 1. The number of rotatable bonds is 11. The SMILES string of the molecule is CC.CCC(=O)O/N=C(\C)C(=O)c1ccc(Sc2ccc(OCCO)c(OC)c2)cc1.CCCC. The van der Waals surface area contributed by atoms with Gasteiger partial charge in [0, 0.05) is 21.8 Å². The Morgan fingerprint density at radius 3 is 2.06 bits per heavy atom. The summed E-state index contributed by atoms with van der Waals surface area (Å²) in [6, 6.07) is 12.6. The first-order valence-corrected chi connectivity index (χ1v) is 12.7. The summed E-state index contributed by atoms with van der Waals surface area (Å²) in [6.07, 6.45) is 2.83. The van der Waals surface area contributed by atoms with Crippen LogP contribution in [-0.2, 0) is 9.63 Å². The second-order valence-electron chi connectivity index (χ2n) is 6.83. The number of aliphatic hydroxyl groups excluding tert-OH is 1. The number of nitrogens with zero attached hydrogens (tertiary/aromatic N) is 1. The molecule has 7 nitrogen and oxygen atoms in total. The number of hydrogen-bond acceptors (Lipinski definition) is 8. The van der Waals surface area contributed by atoms with Gasteiger partial charge >= 0.3 is 5.97 Å². The molecule has 35 heavy (non-hydrogen) atoms. The van der Waals surface area contributed by atoms with Gasteiger partial charge in [-0.15, -0.1) is 0 Å². The first kappa shape index (κ1) is 32.2. The molecule has 0 amide bonds. The summed E-state index contributed by atoms with van der Waals surface area (Å²) in [7, 11) is 1.55. The number of hydrogen-bond donors (Lipinski definition) is 1. The average Bonchev–Trinajstić information content (AvgIpc) is 2.91. The normalized spacial score (nSPS) is 10.2. The van der Waals surface area contributed by atoms with Crippen LogP contribution in [-0.4, -0.2) is 42.9 Å². The Morgan fingerprint density at radius 2 is 1.54 bits per heavy atom. The molecule has 0 saturated carbocycles. The lowest BCUT2D eigenvalue weighted by atomic mass is 10.1. The largest absolute Gasteiger partial charge is 0.493 e. The van der Waals surface area contributed by atoms with Gasteiger partial charge in [0.25, 0.3) is 0 Å². The maximum atomic E-state index is 12.3. The lowest BCUT2D eigenvalue weighted by Gasteiger charge is -2.11. The Bertz CT molecular complexity index is 910. The molecule has 194 valence electrons. The van der Waals surface area contributed by atoms with Crippen LogP contribution < -0.4 is 9.47 Å². The van der Waals surface area contributed by atoms with E-state index in [2.05, 4.69) is 23.8 Å². The van der Waals surface area contributed by atoms with E-state index in [4.69, 9.17) is 14.6 Å². The quantitative estimate of drug-likeness (QED) is 0.160. The maximum absolute atomic E-state index is 12.3. The molecule has 0 spiro atoms. The fourth-order valence-electron chi connectivity index (χ4n) is 2.23. The standard InChI is InChI=1S/C21H23NO6S.C4H10.C2H6/c1-4-20(24)28-22-14(2)21(25)15-5-7-16(8-6-15)29-17-9-10-18(27-12-11-23)19(13-17)26-3;1-3-4-2;1-2/h5-10,13,23H,4,11-12H2,1-3H3;3-4H2,1-2H3;1-2H3/b22-14+;;. The Morgan fingerprint density at radius 1 is 0.943 bits per heavy atom. The molecule has 0 atom stereocenters. The van der Waals surface area contributed by atoms with Gasteiger partial charge in [0.15, 0.2) is 11.5 Å². The number of methoxy groups -OCH3 is 1. The molecule has 0 aliphatic heterocycles. The highest BCUT2D eigenvalue weighted by Crippen LogP contribution is 2.35. The van der Waals surface area contributed by atoms with E-state index in [1.165, 1.54) is 31.5 Å². The predicted molar refractivity (Wildman–Crippen MR) is 142 cm³/mol. The molecule has 2 rings (SSSR count). The highest BCUT2D eigenvalue weighted by Gasteiger charge is 2.12. The van der Waals surface area contributed by atoms with E-state index in [1.807, 2.05) is 38.1 Å². The highest BCUT2D eigenvalue weighted by molar-refractivity contribution is 7.99. The minimum Gasteiger partial charge on any atom is -0.493 e. The summed E-state index contributed by atoms with van der Waals surface area (Å²) in [5, 5.41) is 12.5. The molecule has 8 heteroatoms. The van der Waals surface area contributed by atoms with E-state index < -0.39 is 5.97 Å². The van der Waals surface area contributed by atoms with Crippen molar-refractivity contribution in [3.8, 4) is 11.5 Å². The fourth-order valence-corrected chi connectivity index (χ4v) is 3.08. The zero-order valence-corrected chi connectivity index (χ0v) is 22.7. The van der Waals surface area contributed by atoms with Crippen molar-refractivity contribution in [3.63, 3.8) is 0 Å². The third-order valence-corrected chi connectivity index (χ3v) is 5.24. The van der Waals surface area contributed by atoms with Crippen molar-refractivity contribution in [1.29, 1.82) is 0 Å². The Hall–Kier alpha value is -2.84. The second-order valence-corrected chi connectivity index (χ2v) is 7.98. The van der Waals surface area contributed by atoms with Crippen LogP contribution in [0.4, 0.5) is 0 Å². The Balaban J connectivity index is 0.00000174. The minimum atomic E-state index is -0.493. The number of ketones is 1. The first-order chi connectivity index (χ1) is 16.9. The van der Waals surface area contributed by atoms with Gasteiger partial charge in [0.05, 0.1) is 13.7 Å². The number of carbonyl (C=O) groups is 2. The second kappa shape index (κ2) is 19.5. The lowest BCUT2D eigenvalue weighted by Crippen LogP contribution is -2.12. The average molecular weight is 506 g/mol. The third kappa shape index (κ3) is 12.4. The van der Waals surface area contributed by atoms with E-state index in [-0.39, 0.29) is 31.1 Å². The molecule has 0 aromatic heterocycles. The summed E-state index contributed by atoms with van der Waals surface area (Å²) in [5.41, 5.74) is 0.559. The van der Waals surface area contributed by atoms with Crippen LogP contribution in [0.5, 0.6) is 11.5 Å². The van der Waals surface area contributed by atoms with Gasteiger partial charge in [0.1, 0.15) is 12.3 Å². The smallest absolute Gasteiger partial charge is 0.334 e. The monoisotopic (exact) mass is 505 g/mol. The van der Waals surface area contributed by atoms with Gasteiger partial charge in [0.2, 0.25) is 5.78 Å². The van der Waals surface area contributed by atoms with Gasteiger partial charge < -0.3 is 19.4 Å². The molecular formula is C27H39NO6S. The fraction of sp³-hybridized carbons (Fsp3) is 0.444. The summed E-state index contributed by atoms with van der Waals surface area (Å²) in [5.74, 6) is 0.332. The predicted octanol–water partition coefficient (Wildman–Crippen LogP) is 6.56. The molecule has 0 fully saturated rings. The van der Waals surface area contributed by atoms with Crippen molar-refractivity contribution in [2.24, 2.45) is 5.16 Å². The molecule has 0 unspecified atom stereocenters. The maximum Gasteiger partial charge on any atom is 0.334 e. The van der Waals surface area contributed by atoms with Crippen LogP contribution in [0, 0.1) is 0 Å². The van der Waals surface area contributed by atoms with Gasteiger partial charge in [-0.3, -0.25) is 4.79 Å². The first-order valence-electron chi connectivity index (χ1n) is 11.9. The topological polar surface area (TPSA) is 94.4 Å². The number of ether oxygens (including phenoxy) is 2. The van der Waals surface area contributed by atoms with Crippen LogP contribution in [0.3, 0.4) is 0 Å². The molecule has 0 saturated heterocycles. The van der Waals surface area contributed by atoms with Gasteiger partial charge in [-0.25, -0.2) is 4.79 Å². The third-order valence-electron chi connectivity index (χ3n) is 4.24. The zero-order chi connectivity index (χ0) is 26.6. The van der Waals surface area contributed by atoms with Gasteiger partial charge in [-0.1, -0.05) is 64.4 Å². The zero-order valence-electron chi connectivity index (χ0n) is 21.9. The number of Topliss-reactive ketones (excluding diaryl/α,β-unsaturated/α-hetero) is 1. The molecular weight excluding hydrogens is 466 g/mol. The number of benzene rings is 2. The summed E-state index contributed by atoms with van der Waals surface area (Å²) >= 11 is 1.50. The summed E-state index contributed by atoms with van der Waals surface area (Å²) < 4.78 is 10.8. The Labute approximate surface area is 213 Å². The number of oxime groups is 1. The van der Waals surface area contributed by atoms with Crippen molar-refractivity contribution >= 4 is 29.2 Å². The van der Waals surface area contributed by atoms with Crippen LogP contribution in [0.2, 0.25) is 0 Å². The molecule has 0 heterocycles. The van der Waals surface area contributed by atoms with Gasteiger partial charge in [-0.2, -0.15) is 0 Å². The van der Waals surface area contributed by atoms with Crippen LogP contribution in [0.25, 0.3) is 0 Å². The molecule has 0 aliphatic rings. The van der Waals surface area contributed by atoms with E-state index in [9.17, 15) is 9.59 Å².